The van der Waals surface area contributed by atoms with Gasteiger partial charge in [-0.25, -0.2) is 9.50 Å². The molecule has 0 spiro atoms. The number of aliphatic hydroxyl groups is 1. The van der Waals surface area contributed by atoms with Crippen LogP contribution in [0.3, 0.4) is 0 Å². The van der Waals surface area contributed by atoms with Crippen LogP contribution in [0.25, 0.3) is 5.52 Å². The van der Waals surface area contributed by atoms with Gasteiger partial charge in [0.1, 0.15) is 36.7 Å². The first-order valence-electron chi connectivity index (χ1n) is 12.7. The van der Waals surface area contributed by atoms with E-state index in [2.05, 4.69) is 16.2 Å². The van der Waals surface area contributed by atoms with E-state index >= 15 is 0 Å². The predicted octanol–water partition coefficient (Wildman–Crippen LogP) is 1.98. The number of ether oxygens (including phenoxy) is 3. The van der Waals surface area contributed by atoms with Crippen molar-refractivity contribution in [2.75, 3.05) is 18.9 Å². The van der Waals surface area contributed by atoms with E-state index in [9.17, 15) is 20.0 Å². The van der Waals surface area contributed by atoms with Crippen molar-refractivity contribution in [3.8, 4) is 6.07 Å². The second-order valence-electron chi connectivity index (χ2n) is 9.42. The highest BCUT2D eigenvalue weighted by atomic mass is 16.6. The molecule has 3 heterocycles. The molecule has 4 atom stereocenters. The summed E-state index contributed by atoms with van der Waals surface area (Å²) in [4.78, 5) is 29.8. The number of anilines is 1. The number of carbonyl (C=O) groups is 2. The average molecular weight is 542 g/mol. The number of fused-ring (bicyclic) bond motifs is 1. The minimum atomic E-state index is -1.81. The molecule has 2 aromatic carbocycles. The zero-order chi connectivity index (χ0) is 28.1. The smallest absolute Gasteiger partial charge is 0.310 e. The van der Waals surface area contributed by atoms with Gasteiger partial charge in [0.15, 0.2) is 5.82 Å². The molecule has 11 heteroatoms. The molecule has 0 radical (unpaired) electrons. The van der Waals surface area contributed by atoms with E-state index in [0.717, 1.165) is 11.1 Å². The number of carbonyl (C=O) groups excluding carboxylic acids is 2. The molecule has 4 aromatic rings. The van der Waals surface area contributed by atoms with E-state index < -0.39 is 42.3 Å². The Morgan fingerprint density at radius 1 is 1.02 bits per heavy atom. The average Bonchev–Trinajstić information content (AvgIpc) is 3.53. The Labute approximate surface area is 229 Å². The molecule has 5 rings (SSSR count). The molecular formula is C29H27N5O6. The minimum Gasteiger partial charge on any atom is -0.465 e. The fraction of sp³-hybridized carbons (Fsp3) is 0.276. The zero-order valence-corrected chi connectivity index (χ0v) is 21.4. The van der Waals surface area contributed by atoms with Crippen molar-refractivity contribution in [1.82, 2.24) is 14.6 Å². The van der Waals surface area contributed by atoms with E-state index in [0.29, 0.717) is 5.52 Å². The van der Waals surface area contributed by atoms with Crippen LogP contribution in [0.2, 0.25) is 0 Å². The predicted molar refractivity (Wildman–Crippen MR) is 141 cm³/mol. The van der Waals surface area contributed by atoms with Crippen LogP contribution in [0.4, 0.5) is 5.82 Å². The third kappa shape index (κ3) is 5.22. The summed E-state index contributed by atoms with van der Waals surface area (Å²) in [5.74, 6) is -1.95. The number of esters is 2. The maximum absolute atomic E-state index is 13.0. The molecule has 0 saturated carbocycles. The van der Waals surface area contributed by atoms with Crippen LogP contribution in [0.5, 0.6) is 0 Å². The topological polar surface area (TPSA) is 162 Å². The second kappa shape index (κ2) is 11.5. The van der Waals surface area contributed by atoms with Gasteiger partial charge in [0.25, 0.3) is 0 Å². The number of aliphatic hydroxyl groups excluding tert-OH is 1. The lowest BCUT2D eigenvalue weighted by Gasteiger charge is -2.28. The standard InChI is InChI=1S/C29H27N5O6/c30-17-29(24-12-11-22-28(31)32-18-33-34(22)24)21(16-38-25(36)13-19-7-3-1-4-8-19)27(23(15-35)40-29)39-26(37)14-20-9-5-2-6-10-20/h1-12,18,21,23,27,35H,13-16H2,(H2,31,32,33)/t21-,23-,27+,29-/m1/s1. The van der Waals surface area contributed by atoms with Gasteiger partial charge in [0.05, 0.1) is 31.1 Å². The van der Waals surface area contributed by atoms with Gasteiger partial charge in [-0.2, -0.15) is 10.4 Å². The number of nitrogens with zero attached hydrogens (tertiary/aromatic N) is 4. The first-order valence-corrected chi connectivity index (χ1v) is 12.7. The molecule has 3 N–H and O–H groups in total. The van der Waals surface area contributed by atoms with Crippen LogP contribution in [0, 0.1) is 17.2 Å². The van der Waals surface area contributed by atoms with E-state index in [4.69, 9.17) is 19.9 Å². The van der Waals surface area contributed by atoms with Gasteiger partial charge in [-0.05, 0) is 23.3 Å². The quantitative estimate of drug-likeness (QED) is 0.300. The van der Waals surface area contributed by atoms with Crippen molar-refractivity contribution in [2.24, 2.45) is 5.92 Å². The molecule has 204 valence electrons. The van der Waals surface area contributed by atoms with Crippen LogP contribution in [0.15, 0.2) is 79.1 Å². The Morgan fingerprint density at radius 2 is 1.68 bits per heavy atom. The lowest BCUT2D eigenvalue weighted by atomic mass is 9.83. The normalized spacial score (nSPS) is 22.1. The van der Waals surface area contributed by atoms with Gasteiger partial charge < -0.3 is 25.1 Å². The maximum Gasteiger partial charge on any atom is 0.310 e. The zero-order valence-electron chi connectivity index (χ0n) is 21.4. The van der Waals surface area contributed by atoms with Crippen LogP contribution in [-0.2, 0) is 42.2 Å². The summed E-state index contributed by atoms with van der Waals surface area (Å²) in [5.41, 5.74) is 6.37. The number of nitrogen functional groups attached to an aromatic ring is 1. The summed E-state index contributed by atoms with van der Waals surface area (Å²) in [6.45, 7) is -0.881. The summed E-state index contributed by atoms with van der Waals surface area (Å²) in [6, 6.07) is 23.5. The third-order valence-electron chi connectivity index (χ3n) is 6.90. The second-order valence-corrected chi connectivity index (χ2v) is 9.42. The maximum atomic E-state index is 13.0. The lowest BCUT2D eigenvalue weighted by molar-refractivity contribution is -0.155. The molecule has 1 aliphatic heterocycles. The first kappa shape index (κ1) is 26.8. The molecule has 2 aromatic heterocycles. The van der Waals surface area contributed by atoms with Crippen molar-refractivity contribution in [1.29, 1.82) is 5.26 Å². The highest BCUT2D eigenvalue weighted by molar-refractivity contribution is 5.73. The summed E-state index contributed by atoms with van der Waals surface area (Å²) < 4.78 is 19.0. The summed E-state index contributed by atoms with van der Waals surface area (Å²) in [6.07, 6.45) is -0.986. The van der Waals surface area contributed by atoms with Gasteiger partial charge in [0.2, 0.25) is 5.60 Å². The molecule has 0 bridgehead atoms. The van der Waals surface area contributed by atoms with Gasteiger partial charge in [-0.1, -0.05) is 60.7 Å². The first-order chi connectivity index (χ1) is 19.4. The molecule has 1 aliphatic rings. The molecule has 0 aliphatic carbocycles. The van der Waals surface area contributed by atoms with E-state index in [-0.39, 0.29) is 31.0 Å². The molecule has 11 nitrogen and oxygen atoms in total. The van der Waals surface area contributed by atoms with Crippen molar-refractivity contribution < 1.29 is 28.9 Å². The monoisotopic (exact) mass is 541 g/mol. The number of hydrogen-bond acceptors (Lipinski definition) is 10. The fourth-order valence-corrected chi connectivity index (χ4v) is 5.00. The lowest BCUT2D eigenvalue weighted by Crippen LogP contribution is -2.42. The molecule has 1 fully saturated rings. The van der Waals surface area contributed by atoms with Crippen LogP contribution in [0.1, 0.15) is 16.8 Å². The summed E-state index contributed by atoms with van der Waals surface area (Å²) >= 11 is 0. The number of benzene rings is 2. The third-order valence-corrected chi connectivity index (χ3v) is 6.90. The Bertz CT molecular complexity index is 1540. The van der Waals surface area contributed by atoms with Crippen molar-refractivity contribution in [2.45, 2.75) is 30.7 Å². The van der Waals surface area contributed by atoms with Crippen LogP contribution >= 0.6 is 0 Å². The highest BCUT2D eigenvalue weighted by Crippen LogP contribution is 2.46. The van der Waals surface area contributed by atoms with E-state index in [1.165, 1.54) is 10.8 Å². The molecular weight excluding hydrogens is 514 g/mol. The van der Waals surface area contributed by atoms with Crippen molar-refractivity contribution >= 4 is 23.3 Å². The molecule has 1 saturated heterocycles. The SMILES string of the molecule is N#C[C@@]1(c2ccc3c(N)ncnn23)O[C@H](CO)[C@@H](OC(=O)Cc2ccccc2)[C@H]1COC(=O)Cc1ccccc1. The van der Waals surface area contributed by atoms with Gasteiger partial charge in [-0.15, -0.1) is 0 Å². The van der Waals surface area contributed by atoms with Crippen LogP contribution in [-0.4, -0.2) is 57.1 Å². The van der Waals surface area contributed by atoms with Crippen molar-refractivity contribution in [3.05, 3.63) is 95.9 Å². The summed E-state index contributed by atoms with van der Waals surface area (Å²) in [7, 11) is 0. The van der Waals surface area contributed by atoms with E-state index in [1.807, 2.05) is 24.3 Å². The summed E-state index contributed by atoms with van der Waals surface area (Å²) in [5, 5.41) is 25.0. The Morgan fingerprint density at radius 3 is 2.30 bits per heavy atom. The Balaban J connectivity index is 1.48. The Kier molecular flexibility index (Phi) is 7.72. The van der Waals surface area contributed by atoms with Crippen LogP contribution < -0.4 is 5.73 Å². The van der Waals surface area contributed by atoms with Gasteiger partial charge in [-0.3, -0.25) is 9.59 Å². The Hall–Kier alpha value is -4.79. The number of hydrogen-bond donors (Lipinski definition) is 2. The highest BCUT2D eigenvalue weighted by Gasteiger charge is 2.60. The fourth-order valence-electron chi connectivity index (χ4n) is 5.00. The molecule has 0 unspecified atom stereocenters. The molecule has 0 amide bonds. The number of aromatic nitrogens is 3. The minimum absolute atomic E-state index is 0.00762. The number of nitriles is 1. The molecule has 40 heavy (non-hydrogen) atoms. The largest absolute Gasteiger partial charge is 0.465 e. The van der Waals surface area contributed by atoms with E-state index in [1.54, 1.807) is 48.5 Å². The van der Waals surface area contributed by atoms with Gasteiger partial charge in [0, 0.05) is 0 Å². The van der Waals surface area contributed by atoms with Crippen molar-refractivity contribution in [3.63, 3.8) is 0 Å². The van der Waals surface area contributed by atoms with Gasteiger partial charge >= 0.3 is 11.9 Å². The number of rotatable bonds is 9. The number of nitrogens with two attached hydrogens (primary N) is 1.